The SMILES string of the molecule is O=C1C2CCCN2C(c2ccc(C(F)(F)F)cc2)N1c1cccc(Cl)c1. The monoisotopic (exact) mass is 380 g/mol. The molecule has 2 unspecified atom stereocenters. The van der Waals surface area contributed by atoms with E-state index in [2.05, 4.69) is 4.90 Å². The van der Waals surface area contributed by atoms with Gasteiger partial charge in [-0.2, -0.15) is 13.2 Å². The van der Waals surface area contributed by atoms with Crippen LogP contribution in [0.1, 0.15) is 30.1 Å². The first-order valence-electron chi connectivity index (χ1n) is 8.38. The van der Waals surface area contributed by atoms with Crippen molar-refractivity contribution in [1.29, 1.82) is 0 Å². The van der Waals surface area contributed by atoms with Gasteiger partial charge in [-0.25, -0.2) is 0 Å². The second-order valence-corrected chi connectivity index (χ2v) is 7.01. The fourth-order valence-electron chi connectivity index (χ4n) is 3.86. The number of carbonyl (C=O) groups excluding carboxylic acids is 1. The Morgan fingerprint density at radius 1 is 1.08 bits per heavy atom. The van der Waals surface area contributed by atoms with Crippen molar-refractivity contribution >= 4 is 23.2 Å². The molecular weight excluding hydrogens is 365 g/mol. The van der Waals surface area contributed by atoms with E-state index in [1.165, 1.54) is 12.1 Å². The standard InChI is InChI=1S/C19H16ClF3N2O/c20-14-3-1-4-15(11-14)25-17(24-10-2-5-16(24)18(25)26)12-6-8-13(9-7-12)19(21,22)23/h1,3-4,6-9,11,16-17H,2,5,10H2. The van der Waals surface area contributed by atoms with Gasteiger partial charge in [0.05, 0.1) is 11.6 Å². The van der Waals surface area contributed by atoms with Crippen molar-refractivity contribution < 1.29 is 18.0 Å². The molecule has 2 aliphatic rings. The summed E-state index contributed by atoms with van der Waals surface area (Å²) in [7, 11) is 0. The maximum atomic E-state index is 13.0. The molecule has 2 fully saturated rings. The van der Waals surface area contributed by atoms with Crippen LogP contribution >= 0.6 is 11.6 Å². The molecule has 0 N–H and O–H groups in total. The van der Waals surface area contributed by atoms with Crippen molar-refractivity contribution in [2.24, 2.45) is 0 Å². The van der Waals surface area contributed by atoms with E-state index in [-0.39, 0.29) is 11.9 Å². The van der Waals surface area contributed by atoms with Gasteiger partial charge in [0.15, 0.2) is 0 Å². The molecule has 0 aromatic heterocycles. The van der Waals surface area contributed by atoms with E-state index >= 15 is 0 Å². The van der Waals surface area contributed by atoms with E-state index in [9.17, 15) is 18.0 Å². The third-order valence-electron chi connectivity index (χ3n) is 5.00. The minimum Gasteiger partial charge on any atom is -0.290 e. The lowest BCUT2D eigenvalue weighted by atomic mass is 10.1. The highest BCUT2D eigenvalue weighted by Gasteiger charge is 2.49. The minimum atomic E-state index is -4.38. The summed E-state index contributed by atoms with van der Waals surface area (Å²) in [5, 5.41) is 0.508. The first-order valence-corrected chi connectivity index (χ1v) is 8.75. The van der Waals surface area contributed by atoms with Crippen LogP contribution in [0.5, 0.6) is 0 Å². The van der Waals surface area contributed by atoms with Gasteiger partial charge >= 0.3 is 6.18 Å². The lowest BCUT2D eigenvalue weighted by Gasteiger charge is -2.30. The van der Waals surface area contributed by atoms with Crippen molar-refractivity contribution in [3.8, 4) is 0 Å². The highest BCUT2D eigenvalue weighted by Crippen LogP contribution is 2.43. The van der Waals surface area contributed by atoms with Crippen LogP contribution in [0.15, 0.2) is 48.5 Å². The van der Waals surface area contributed by atoms with Gasteiger partial charge in [0.25, 0.3) is 0 Å². The van der Waals surface area contributed by atoms with Crippen molar-refractivity contribution in [3.63, 3.8) is 0 Å². The van der Waals surface area contributed by atoms with Gasteiger partial charge in [-0.3, -0.25) is 14.6 Å². The second-order valence-electron chi connectivity index (χ2n) is 6.58. The summed E-state index contributed by atoms with van der Waals surface area (Å²) in [4.78, 5) is 16.7. The molecule has 3 nitrogen and oxygen atoms in total. The van der Waals surface area contributed by atoms with E-state index in [1.807, 2.05) is 0 Å². The molecule has 2 heterocycles. The van der Waals surface area contributed by atoms with Gasteiger partial charge in [-0.05, 0) is 48.7 Å². The van der Waals surface area contributed by atoms with Crippen LogP contribution in [0.3, 0.4) is 0 Å². The number of amides is 1. The topological polar surface area (TPSA) is 23.6 Å². The fourth-order valence-corrected chi connectivity index (χ4v) is 4.04. The maximum absolute atomic E-state index is 13.0. The molecule has 0 aliphatic carbocycles. The average molecular weight is 381 g/mol. The Morgan fingerprint density at radius 3 is 2.46 bits per heavy atom. The zero-order valence-electron chi connectivity index (χ0n) is 13.7. The zero-order valence-corrected chi connectivity index (χ0v) is 14.5. The van der Waals surface area contributed by atoms with Gasteiger partial charge < -0.3 is 0 Å². The van der Waals surface area contributed by atoms with E-state index in [0.717, 1.165) is 31.5 Å². The quantitative estimate of drug-likeness (QED) is 0.742. The summed E-state index contributed by atoms with van der Waals surface area (Å²) in [5.41, 5.74) is 0.621. The molecule has 0 bridgehead atoms. The van der Waals surface area contributed by atoms with Gasteiger partial charge in [-0.1, -0.05) is 29.8 Å². The van der Waals surface area contributed by atoms with Crippen molar-refractivity contribution in [2.45, 2.75) is 31.2 Å². The first kappa shape index (κ1) is 17.4. The van der Waals surface area contributed by atoms with Crippen LogP contribution in [-0.4, -0.2) is 23.4 Å². The molecule has 2 aromatic carbocycles. The highest BCUT2D eigenvalue weighted by molar-refractivity contribution is 6.31. The number of carbonyl (C=O) groups is 1. The van der Waals surface area contributed by atoms with Crippen molar-refractivity contribution in [2.75, 3.05) is 11.4 Å². The van der Waals surface area contributed by atoms with Gasteiger partial charge in [0.2, 0.25) is 5.91 Å². The Labute approximate surface area is 154 Å². The highest BCUT2D eigenvalue weighted by atomic mass is 35.5. The van der Waals surface area contributed by atoms with Crippen LogP contribution < -0.4 is 4.90 Å². The maximum Gasteiger partial charge on any atom is 0.416 e. The molecule has 26 heavy (non-hydrogen) atoms. The minimum absolute atomic E-state index is 0.0327. The van der Waals surface area contributed by atoms with Crippen molar-refractivity contribution in [3.05, 3.63) is 64.7 Å². The molecule has 2 atom stereocenters. The Kier molecular flexibility index (Phi) is 4.20. The predicted octanol–water partition coefficient (Wildman–Crippen LogP) is 4.87. The Balaban J connectivity index is 1.76. The molecule has 136 valence electrons. The molecule has 0 saturated carbocycles. The molecule has 0 spiro atoms. The molecule has 1 amide bonds. The van der Waals surface area contributed by atoms with Crippen LogP contribution in [0.4, 0.5) is 18.9 Å². The summed E-state index contributed by atoms with van der Waals surface area (Å²) < 4.78 is 38.6. The van der Waals surface area contributed by atoms with Gasteiger partial charge in [0, 0.05) is 17.3 Å². The van der Waals surface area contributed by atoms with E-state index in [0.29, 0.717) is 16.3 Å². The molecule has 2 saturated heterocycles. The number of anilines is 1. The largest absolute Gasteiger partial charge is 0.416 e. The fraction of sp³-hybridized carbons (Fsp3) is 0.316. The number of benzene rings is 2. The smallest absolute Gasteiger partial charge is 0.290 e. The van der Waals surface area contributed by atoms with Gasteiger partial charge in [0.1, 0.15) is 6.17 Å². The number of alkyl halides is 3. The molecule has 7 heteroatoms. The number of hydrogen-bond donors (Lipinski definition) is 0. The summed E-state index contributed by atoms with van der Waals surface area (Å²) in [6, 6.07) is 11.8. The zero-order chi connectivity index (χ0) is 18.5. The number of nitrogens with zero attached hydrogens (tertiary/aromatic N) is 2. The molecule has 0 radical (unpaired) electrons. The Bertz CT molecular complexity index is 837. The van der Waals surface area contributed by atoms with E-state index < -0.39 is 17.9 Å². The molecule has 2 aromatic rings. The van der Waals surface area contributed by atoms with Gasteiger partial charge in [-0.15, -0.1) is 0 Å². The van der Waals surface area contributed by atoms with Crippen LogP contribution in [-0.2, 0) is 11.0 Å². The van der Waals surface area contributed by atoms with E-state index in [4.69, 9.17) is 11.6 Å². The number of halogens is 4. The Hall–Kier alpha value is -2.05. The summed E-state index contributed by atoms with van der Waals surface area (Å²) in [6.07, 6.45) is -3.15. The average Bonchev–Trinajstić information content (AvgIpc) is 3.16. The lowest BCUT2D eigenvalue weighted by molar-refractivity contribution is -0.137. The molecule has 4 rings (SSSR count). The summed E-state index contributed by atoms with van der Waals surface area (Å²) in [5.74, 6) is -0.0327. The lowest BCUT2D eigenvalue weighted by Crippen LogP contribution is -2.32. The third kappa shape index (κ3) is 2.87. The van der Waals surface area contributed by atoms with Crippen LogP contribution in [0.2, 0.25) is 5.02 Å². The summed E-state index contributed by atoms with van der Waals surface area (Å²) in [6.45, 7) is 0.735. The second kappa shape index (κ2) is 6.28. The normalized spacial score (nSPS) is 23.5. The molecular formula is C19H16ClF3N2O. The Morgan fingerprint density at radius 2 is 1.81 bits per heavy atom. The molecule has 2 aliphatic heterocycles. The predicted molar refractivity (Wildman–Crippen MR) is 92.9 cm³/mol. The number of hydrogen-bond acceptors (Lipinski definition) is 2. The van der Waals surface area contributed by atoms with Crippen molar-refractivity contribution in [1.82, 2.24) is 4.90 Å². The third-order valence-corrected chi connectivity index (χ3v) is 5.23. The number of rotatable bonds is 2. The van der Waals surface area contributed by atoms with Crippen LogP contribution in [0, 0.1) is 0 Å². The summed E-state index contributed by atoms with van der Waals surface area (Å²) >= 11 is 6.08. The number of fused-ring (bicyclic) bond motifs is 1. The van der Waals surface area contributed by atoms with Crippen LogP contribution in [0.25, 0.3) is 0 Å². The first-order chi connectivity index (χ1) is 12.4. The van der Waals surface area contributed by atoms with E-state index in [1.54, 1.807) is 29.2 Å².